The molecular formula is C11H14N2O3S. The second-order valence-electron chi connectivity index (χ2n) is 3.62. The van der Waals surface area contributed by atoms with Gasteiger partial charge in [-0.25, -0.2) is 4.98 Å². The molecule has 0 saturated carbocycles. The van der Waals surface area contributed by atoms with Crippen LogP contribution in [0.4, 0.5) is 0 Å². The summed E-state index contributed by atoms with van der Waals surface area (Å²) in [5.41, 5.74) is 0. The van der Waals surface area contributed by atoms with Crippen molar-refractivity contribution in [3.05, 3.63) is 28.7 Å². The average molecular weight is 254 g/mol. The Bertz CT molecular complexity index is 405. The van der Waals surface area contributed by atoms with Gasteiger partial charge in [0.25, 0.3) is 0 Å². The summed E-state index contributed by atoms with van der Waals surface area (Å²) in [6.07, 6.45) is 5.28. The van der Waals surface area contributed by atoms with E-state index in [-0.39, 0.29) is 6.04 Å². The number of aromatic nitrogens is 1. The number of carboxylic acids is 1. The fraction of sp³-hybridized carbons (Fsp3) is 0.455. The Kier molecular flexibility index (Phi) is 3.88. The second-order valence-corrected chi connectivity index (χ2v) is 4.55. The van der Waals surface area contributed by atoms with Gasteiger partial charge in [-0.05, 0) is 6.92 Å². The summed E-state index contributed by atoms with van der Waals surface area (Å²) in [4.78, 5) is 17.1. The SMILES string of the molecule is CCOCN1C(C(=O)O)C=CC1c1nccs1. The summed E-state index contributed by atoms with van der Waals surface area (Å²) in [7, 11) is 0. The van der Waals surface area contributed by atoms with Gasteiger partial charge in [-0.2, -0.15) is 0 Å². The van der Waals surface area contributed by atoms with Gasteiger partial charge in [0, 0.05) is 18.2 Å². The van der Waals surface area contributed by atoms with Gasteiger partial charge in [-0.3, -0.25) is 9.69 Å². The van der Waals surface area contributed by atoms with Crippen molar-refractivity contribution in [1.29, 1.82) is 0 Å². The Morgan fingerprint density at radius 2 is 2.47 bits per heavy atom. The van der Waals surface area contributed by atoms with E-state index in [0.29, 0.717) is 13.3 Å². The summed E-state index contributed by atoms with van der Waals surface area (Å²) in [6, 6.07) is -0.724. The van der Waals surface area contributed by atoms with E-state index >= 15 is 0 Å². The first-order valence-corrected chi connectivity index (χ1v) is 6.26. The molecule has 6 heteroatoms. The van der Waals surface area contributed by atoms with Crippen LogP contribution in [0.5, 0.6) is 0 Å². The summed E-state index contributed by atoms with van der Waals surface area (Å²) in [5.74, 6) is -0.861. The number of aliphatic carboxylic acids is 1. The fourth-order valence-electron chi connectivity index (χ4n) is 1.79. The highest BCUT2D eigenvalue weighted by molar-refractivity contribution is 7.09. The standard InChI is InChI=1S/C11H14N2O3S/c1-2-16-7-13-8(10-12-5-6-17-10)3-4-9(13)11(14)15/h3-6,8-9H,2,7H2,1H3,(H,14,15). The summed E-state index contributed by atoms with van der Waals surface area (Å²) in [6.45, 7) is 2.75. The van der Waals surface area contributed by atoms with Gasteiger partial charge in [0.15, 0.2) is 0 Å². The third-order valence-electron chi connectivity index (χ3n) is 2.59. The summed E-state index contributed by atoms with van der Waals surface area (Å²) < 4.78 is 5.33. The summed E-state index contributed by atoms with van der Waals surface area (Å²) in [5, 5.41) is 11.9. The molecule has 0 amide bonds. The topological polar surface area (TPSA) is 62.7 Å². The highest BCUT2D eigenvalue weighted by atomic mass is 32.1. The van der Waals surface area contributed by atoms with Crippen molar-refractivity contribution in [2.45, 2.75) is 19.0 Å². The van der Waals surface area contributed by atoms with Crippen LogP contribution in [0.3, 0.4) is 0 Å². The zero-order valence-corrected chi connectivity index (χ0v) is 10.3. The van der Waals surface area contributed by atoms with Crippen molar-refractivity contribution >= 4 is 17.3 Å². The normalized spacial score (nSPS) is 24.3. The van der Waals surface area contributed by atoms with E-state index in [9.17, 15) is 4.79 Å². The van der Waals surface area contributed by atoms with E-state index in [4.69, 9.17) is 9.84 Å². The molecule has 0 bridgehead atoms. The number of ether oxygens (including phenoxy) is 1. The van der Waals surface area contributed by atoms with Gasteiger partial charge in [-0.1, -0.05) is 12.2 Å². The lowest BCUT2D eigenvalue weighted by molar-refractivity contribution is -0.143. The minimum absolute atomic E-state index is 0.0948. The third kappa shape index (κ3) is 2.54. The Hall–Kier alpha value is -1.24. The highest BCUT2D eigenvalue weighted by Gasteiger charge is 2.35. The number of nitrogens with zero attached hydrogens (tertiary/aromatic N) is 2. The van der Waals surface area contributed by atoms with Crippen molar-refractivity contribution in [2.75, 3.05) is 13.3 Å². The van der Waals surface area contributed by atoms with E-state index in [2.05, 4.69) is 4.98 Å². The smallest absolute Gasteiger partial charge is 0.325 e. The van der Waals surface area contributed by atoms with Crippen LogP contribution >= 0.6 is 11.3 Å². The maximum absolute atomic E-state index is 11.1. The zero-order chi connectivity index (χ0) is 12.3. The predicted octanol–water partition coefficient (Wildman–Crippen LogP) is 1.50. The van der Waals surface area contributed by atoms with Crippen LogP contribution in [0.15, 0.2) is 23.7 Å². The molecule has 2 rings (SSSR count). The Morgan fingerprint density at radius 3 is 3.06 bits per heavy atom. The van der Waals surface area contributed by atoms with Gasteiger partial charge < -0.3 is 9.84 Å². The lowest BCUT2D eigenvalue weighted by Gasteiger charge is -2.26. The molecule has 5 nitrogen and oxygen atoms in total. The monoisotopic (exact) mass is 254 g/mol. The number of rotatable bonds is 5. The van der Waals surface area contributed by atoms with Gasteiger partial charge in [0.1, 0.15) is 17.8 Å². The predicted molar refractivity (Wildman–Crippen MR) is 63.8 cm³/mol. The van der Waals surface area contributed by atoms with Crippen LogP contribution in [-0.2, 0) is 9.53 Å². The molecule has 0 aromatic carbocycles. The first-order valence-electron chi connectivity index (χ1n) is 5.38. The molecule has 1 aliphatic rings. The van der Waals surface area contributed by atoms with Crippen LogP contribution in [0.1, 0.15) is 18.0 Å². The molecule has 0 radical (unpaired) electrons. The van der Waals surface area contributed by atoms with Gasteiger partial charge >= 0.3 is 5.97 Å². The minimum Gasteiger partial charge on any atom is -0.480 e. The molecule has 0 saturated heterocycles. The van der Waals surface area contributed by atoms with Gasteiger partial charge in [0.05, 0.1) is 6.04 Å². The van der Waals surface area contributed by atoms with Gasteiger partial charge in [0.2, 0.25) is 0 Å². The number of hydrogen-bond acceptors (Lipinski definition) is 5. The average Bonchev–Trinajstić information content (AvgIpc) is 2.94. The Morgan fingerprint density at radius 1 is 1.65 bits per heavy atom. The molecule has 0 fully saturated rings. The molecule has 2 atom stereocenters. The maximum Gasteiger partial charge on any atom is 0.325 e. The molecule has 0 spiro atoms. The summed E-state index contributed by atoms with van der Waals surface area (Å²) >= 11 is 1.52. The number of carboxylic acid groups (broad SMARTS) is 1. The van der Waals surface area contributed by atoms with E-state index in [1.165, 1.54) is 11.3 Å². The first-order chi connectivity index (χ1) is 8.24. The lowest BCUT2D eigenvalue weighted by atomic mass is 10.3. The van der Waals surface area contributed by atoms with E-state index in [0.717, 1.165) is 5.01 Å². The molecule has 1 N–H and O–H groups in total. The Labute approximate surface area is 103 Å². The number of carbonyl (C=O) groups is 1. The van der Waals surface area contributed by atoms with Crippen LogP contribution in [0, 0.1) is 0 Å². The molecular weight excluding hydrogens is 240 g/mol. The molecule has 1 aliphatic heterocycles. The highest BCUT2D eigenvalue weighted by Crippen LogP contribution is 2.31. The minimum atomic E-state index is -0.861. The molecule has 2 heterocycles. The van der Waals surface area contributed by atoms with Crippen LogP contribution < -0.4 is 0 Å². The van der Waals surface area contributed by atoms with Crippen LogP contribution in [0.2, 0.25) is 0 Å². The van der Waals surface area contributed by atoms with Crippen molar-refractivity contribution in [1.82, 2.24) is 9.88 Å². The second kappa shape index (κ2) is 5.39. The van der Waals surface area contributed by atoms with Crippen molar-refractivity contribution in [3.63, 3.8) is 0 Å². The molecule has 17 heavy (non-hydrogen) atoms. The molecule has 92 valence electrons. The Balaban J connectivity index is 2.16. The molecule has 1 aromatic rings. The quantitative estimate of drug-likeness (QED) is 0.807. The maximum atomic E-state index is 11.1. The van der Waals surface area contributed by atoms with E-state index in [1.54, 1.807) is 17.2 Å². The fourth-order valence-corrected chi connectivity index (χ4v) is 2.53. The molecule has 2 unspecified atom stereocenters. The van der Waals surface area contributed by atoms with Crippen molar-refractivity contribution in [3.8, 4) is 0 Å². The zero-order valence-electron chi connectivity index (χ0n) is 9.44. The molecule has 0 aliphatic carbocycles. The third-order valence-corrected chi connectivity index (χ3v) is 3.44. The van der Waals surface area contributed by atoms with Crippen LogP contribution in [0.25, 0.3) is 0 Å². The van der Waals surface area contributed by atoms with E-state index < -0.39 is 12.0 Å². The van der Waals surface area contributed by atoms with Crippen molar-refractivity contribution in [2.24, 2.45) is 0 Å². The molecule has 1 aromatic heterocycles. The lowest BCUT2D eigenvalue weighted by Crippen LogP contribution is -2.39. The van der Waals surface area contributed by atoms with Crippen molar-refractivity contribution < 1.29 is 14.6 Å². The number of thiazole rings is 1. The largest absolute Gasteiger partial charge is 0.480 e. The first kappa shape index (κ1) is 12.2. The number of hydrogen-bond donors (Lipinski definition) is 1. The van der Waals surface area contributed by atoms with E-state index in [1.807, 2.05) is 18.4 Å². The van der Waals surface area contributed by atoms with Gasteiger partial charge in [-0.15, -0.1) is 11.3 Å². The van der Waals surface area contributed by atoms with Crippen LogP contribution in [-0.4, -0.2) is 40.3 Å².